The maximum absolute atomic E-state index is 11.2. The molecule has 0 bridgehead atoms. The van der Waals surface area contributed by atoms with Crippen LogP contribution in [0.25, 0.3) is 0 Å². The fraction of sp³-hybridized carbons (Fsp3) is 0.300. The molecule has 66 valence electrons. The molecule has 0 saturated heterocycles. The van der Waals surface area contributed by atoms with E-state index < -0.39 is 0 Å². The van der Waals surface area contributed by atoms with Gasteiger partial charge in [0, 0.05) is 0 Å². The second-order valence-electron chi connectivity index (χ2n) is 3.55. The Morgan fingerprint density at radius 2 is 2.31 bits per heavy atom. The molecule has 1 heterocycles. The van der Waals surface area contributed by atoms with E-state index in [1.54, 1.807) is 6.92 Å². The molecule has 0 radical (unpaired) electrons. The summed E-state index contributed by atoms with van der Waals surface area (Å²) >= 11 is 0.742. The summed E-state index contributed by atoms with van der Waals surface area (Å²) in [5.41, 5.74) is 2.47. The molecule has 0 aliphatic carbocycles. The standard InChI is InChI=1S/C10H10NO.Ga.2H/c1-8(12)11-7-6-9-4-2-3-5-10(9)11;;;/h3-5H,6-7H2,1H3;;;. The zero-order valence-corrected chi connectivity index (χ0v) is 12.2. The fourth-order valence-corrected chi connectivity index (χ4v) is 2.94. The van der Waals surface area contributed by atoms with Crippen LogP contribution in [0.1, 0.15) is 12.5 Å². The van der Waals surface area contributed by atoms with Crippen molar-refractivity contribution in [3.8, 4) is 0 Å². The van der Waals surface area contributed by atoms with Crippen LogP contribution in [0, 0.1) is 0 Å². The van der Waals surface area contributed by atoms with E-state index in [-0.39, 0.29) is 5.91 Å². The van der Waals surface area contributed by atoms with Crippen LogP contribution in [0.2, 0.25) is 0 Å². The SMILES string of the molecule is CC(=O)N1CCc2c[c]([GaH2])ccc21. The van der Waals surface area contributed by atoms with Gasteiger partial charge in [-0.1, -0.05) is 0 Å². The Morgan fingerprint density at radius 3 is 3.00 bits per heavy atom. The van der Waals surface area contributed by atoms with E-state index in [4.69, 9.17) is 0 Å². The van der Waals surface area contributed by atoms with Gasteiger partial charge in [-0.2, -0.15) is 0 Å². The third-order valence-corrected chi connectivity index (χ3v) is 3.82. The number of hydrogen-bond acceptors (Lipinski definition) is 1. The van der Waals surface area contributed by atoms with Gasteiger partial charge in [-0.05, 0) is 0 Å². The van der Waals surface area contributed by atoms with Gasteiger partial charge in [-0.25, -0.2) is 0 Å². The number of amides is 1. The number of carbonyl (C=O) groups excluding carboxylic acids is 1. The van der Waals surface area contributed by atoms with Crippen molar-refractivity contribution in [3.05, 3.63) is 23.8 Å². The first kappa shape index (κ1) is 8.90. The van der Waals surface area contributed by atoms with Crippen molar-refractivity contribution >= 4 is 34.3 Å². The van der Waals surface area contributed by atoms with Crippen LogP contribution in [0.3, 0.4) is 0 Å². The minimum atomic E-state index is 0.157. The van der Waals surface area contributed by atoms with E-state index in [9.17, 15) is 4.79 Å². The predicted molar refractivity (Wildman–Crippen MR) is 56.4 cm³/mol. The van der Waals surface area contributed by atoms with Crippen LogP contribution in [-0.2, 0) is 11.2 Å². The van der Waals surface area contributed by atoms with Gasteiger partial charge in [0.1, 0.15) is 0 Å². The predicted octanol–water partition coefficient (Wildman–Crippen LogP) is -0.146. The molecule has 1 aliphatic rings. The van der Waals surface area contributed by atoms with Gasteiger partial charge < -0.3 is 0 Å². The van der Waals surface area contributed by atoms with Gasteiger partial charge in [0.15, 0.2) is 0 Å². The molecular formula is C10H12GaNO. The zero-order chi connectivity index (χ0) is 9.42. The Bertz CT molecular complexity index is 362. The molecule has 13 heavy (non-hydrogen) atoms. The molecule has 0 N–H and O–H groups in total. The molecule has 3 heteroatoms. The monoisotopic (exact) mass is 231 g/mol. The number of fused-ring (bicyclic) bond motifs is 1. The van der Waals surface area contributed by atoms with Crippen molar-refractivity contribution in [3.63, 3.8) is 0 Å². The van der Waals surface area contributed by atoms with Crippen molar-refractivity contribution in [2.24, 2.45) is 0 Å². The molecule has 1 amide bonds. The van der Waals surface area contributed by atoms with Crippen molar-refractivity contribution < 1.29 is 4.79 Å². The van der Waals surface area contributed by atoms with Crippen molar-refractivity contribution in [2.75, 3.05) is 11.4 Å². The number of hydrogen-bond donors (Lipinski definition) is 0. The Hall–Kier alpha value is -0.674. The Kier molecular flexibility index (Phi) is 2.21. The van der Waals surface area contributed by atoms with Gasteiger partial charge in [-0.15, -0.1) is 0 Å². The molecule has 1 aromatic carbocycles. The van der Waals surface area contributed by atoms with Gasteiger partial charge in [0.2, 0.25) is 0 Å². The van der Waals surface area contributed by atoms with Gasteiger partial charge in [0.25, 0.3) is 0 Å². The summed E-state index contributed by atoms with van der Waals surface area (Å²) < 4.78 is 1.46. The zero-order valence-electron chi connectivity index (χ0n) is 8.00. The third kappa shape index (κ3) is 1.54. The Morgan fingerprint density at radius 1 is 1.54 bits per heavy atom. The van der Waals surface area contributed by atoms with Crippen LogP contribution < -0.4 is 9.02 Å². The van der Waals surface area contributed by atoms with E-state index in [1.165, 1.54) is 9.68 Å². The van der Waals surface area contributed by atoms with E-state index >= 15 is 0 Å². The summed E-state index contributed by atoms with van der Waals surface area (Å²) in [5, 5.41) is 0. The van der Waals surface area contributed by atoms with Crippen molar-refractivity contribution in [1.82, 2.24) is 0 Å². The second-order valence-corrected chi connectivity index (χ2v) is 5.98. The Labute approximate surface area is 87.8 Å². The molecule has 0 atom stereocenters. The number of rotatable bonds is 0. The minimum absolute atomic E-state index is 0.157. The number of anilines is 1. The second kappa shape index (κ2) is 3.23. The molecule has 0 fully saturated rings. The molecule has 2 rings (SSSR count). The molecule has 0 aromatic heterocycles. The van der Waals surface area contributed by atoms with Crippen LogP contribution in [-0.4, -0.2) is 31.1 Å². The summed E-state index contributed by atoms with van der Waals surface area (Å²) in [7, 11) is 0. The molecule has 2 nitrogen and oxygen atoms in total. The van der Waals surface area contributed by atoms with Crippen LogP contribution in [0.5, 0.6) is 0 Å². The quantitative estimate of drug-likeness (QED) is 0.570. The summed E-state index contributed by atoms with van der Waals surface area (Å²) in [4.78, 5) is 13.1. The number of benzene rings is 1. The van der Waals surface area contributed by atoms with Gasteiger partial charge in [0.05, 0.1) is 0 Å². The van der Waals surface area contributed by atoms with Crippen molar-refractivity contribution in [2.45, 2.75) is 13.3 Å². The number of carbonyl (C=O) groups is 1. The molecule has 0 spiro atoms. The topological polar surface area (TPSA) is 20.3 Å². The Balaban J connectivity index is 2.44. The van der Waals surface area contributed by atoms with E-state index in [1.807, 2.05) is 4.90 Å². The van der Waals surface area contributed by atoms with E-state index in [0.717, 1.165) is 37.3 Å². The molecule has 0 unspecified atom stereocenters. The van der Waals surface area contributed by atoms with Gasteiger partial charge >= 0.3 is 87.7 Å². The molecule has 0 saturated carbocycles. The average molecular weight is 232 g/mol. The first-order chi connectivity index (χ1) is 6.18. The fourth-order valence-electron chi connectivity index (χ4n) is 1.86. The average Bonchev–Trinajstić information content (AvgIpc) is 2.46. The first-order valence-electron chi connectivity index (χ1n) is 4.56. The van der Waals surface area contributed by atoms with Crippen LogP contribution >= 0.6 is 0 Å². The summed E-state index contributed by atoms with van der Waals surface area (Å²) in [6, 6.07) is 6.47. The molecule has 1 aromatic rings. The number of nitrogens with zero attached hydrogens (tertiary/aromatic N) is 1. The third-order valence-electron chi connectivity index (χ3n) is 2.51. The molecular weight excluding hydrogens is 220 g/mol. The van der Waals surface area contributed by atoms with E-state index in [2.05, 4.69) is 18.2 Å². The molecule has 1 aliphatic heterocycles. The van der Waals surface area contributed by atoms with Crippen LogP contribution in [0.15, 0.2) is 18.2 Å². The normalized spacial score (nSPS) is 14.4. The maximum atomic E-state index is 11.2. The summed E-state index contributed by atoms with van der Waals surface area (Å²) in [6.45, 7) is 2.49. The summed E-state index contributed by atoms with van der Waals surface area (Å²) in [6.07, 6.45) is 1.03. The summed E-state index contributed by atoms with van der Waals surface area (Å²) in [5.74, 6) is 0.157. The first-order valence-corrected chi connectivity index (χ1v) is 6.66. The van der Waals surface area contributed by atoms with Gasteiger partial charge in [-0.3, -0.25) is 0 Å². The van der Waals surface area contributed by atoms with Crippen LogP contribution in [0.4, 0.5) is 5.69 Å². The van der Waals surface area contributed by atoms with Crippen molar-refractivity contribution in [1.29, 1.82) is 0 Å². The van der Waals surface area contributed by atoms with E-state index in [0.29, 0.717) is 0 Å².